The van der Waals surface area contributed by atoms with Gasteiger partial charge >= 0.3 is 0 Å². The van der Waals surface area contributed by atoms with E-state index in [1.807, 2.05) is 28.8 Å². The van der Waals surface area contributed by atoms with Crippen LogP contribution in [-0.2, 0) is 14.8 Å². The molecule has 1 aliphatic rings. The third-order valence-corrected chi connectivity index (χ3v) is 8.09. The molecule has 1 N–H and O–H groups in total. The van der Waals surface area contributed by atoms with Crippen molar-refractivity contribution in [3.8, 4) is 0 Å². The van der Waals surface area contributed by atoms with Gasteiger partial charge in [0, 0.05) is 25.0 Å². The lowest BCUT2D eigenvalue weighted by Gasteiger charge is -2.26. The lowest BCUT2D eigenvalue weighted by atomic mass is 10.2. The summed E-state index contributed by atoms with van der Waals surface area (Å²) < 4.78 is 29.2. The fourth-order valence-corrected chi connectivity index (χ4v) is 5.89. The van der Waals surface area contributed by atoms with E-state index < -0.39 is 15.3 Å². The van der Waals surface area contributed by atoms with Crippen molar-refractivity contribution in [2.24, 2.45) is 0 Å². The first-order chi connectivity index (χ1) is 14.4. The van der Waals surface area contributed by atoms with Crippen LogP contribution in [0.2, 0.25) is 0 Å². The summed E-state index contributed by atoms with van der Waals surface area (Å²) in [4.78, 5) is 17.3. The number of pyridine rings is 1. The first kappa shape index (κ1) is 20.9. The van der Waals surface area contributed by atoms with Crippen LogP contribution in [0.5, 0.6) is 0 Å². The van der Waals surface area contributed by atoms with Crippen LogP contribution in [0.4, 0.5) is 5.69 Å². The number of piperidine rings is 1. The zero-order valence-electron chi connectivity index (χ0n) is 16.7. The van der Waals surface area contributed by atoms with Crippen LogP contribution in [0, 0.1) is 0 Å². The van der Waals surface area contributed by atoms with Gasteiger partial charge in [0.1, 0.15) is 0 Å². The SMILES string of the molecule is CC(Sc1ncc2ccccn12)C(=O)Nc1cccc(S(=O)(=O)N2CCCCC2)c1. The molecule has 158 valence electrons. The van der Waals surface area contributed by atoms with Gasteiger partial charge in [-0.3, -0.25) is 9.20 Å². The summed E-state index contributed by atoms with van der Waals surface area (Å²) in [5.41, 5.74) is 1.43. The minimum absolute atomic E-state index is 0.208. The summed E-state index contributed by atoms with van der Waals surface area (Å²) in [6.45, 7) is 2.90. The van der Waals surface area contributed by atoms with E-state index in [-0.39, 0.29) is 10.8 Å². The molecule has 3 aromatic rings. The summed E-state index contributed by atoms with van der Waals surface area (Å²) in [6, 6.07) is 12.3. The quantitative estimate of drug-likeness (QED) is 0.587. The molecule has 30 heavy (non-hydrogen) atoms. The first-order valence-corrected chi connectivity index (χ1v) is 12.3. The molecular weight excluding hydrogens is 420 g/mol. The number of nitrogens with one attached hydrogen (secondary N) is 1. The van der Waals surface area contributed by atoms with Crippen molar-refractivity contribution >= 4 is 38.9 Å². The van der Waals surface area contributed by atoms with Crippen molar-refractivity contribution in [3.05, 3.63) is 54.9 Å². The highest BCUT2D eigenvalue weighted by Crippen LogP contribution is 2.26. The number of sulfonamides is 1. The Hall–Kier alpha value is -2.36. The highest BCUT2D eigenvalue weighted by Gasteiger charge is 2.26. The van der Waals surface area contributed by atoms with Gasteiger partial charge in [-0.15, -0.1) is 0 Å². The second kappa shape index (κ2) is 8.79. The maximum Gasteiger partial charge on any atom is 0.243 e. The first-order valence-electron chi connectivity index (χ1n) is 9.95. The van der Waals surface area contributed by atoms with E-state index in [9.17, 15) is 13.2 Å². The van der Waals surface area contributed by atoms with Gasteiger partial charge in [0.15, 0.2) is 5.16 Å². The molecule has 2 aromatic heterocycles. The normalized spacial score (nSPS) is 16.4. The largest absolute Gasteiger partial charge is 0.325 e. The predicted molar refractivity (Wildman–Crippen MR) is 118 cm³/mol. The van der Waals surface area contributed by atoms with Gasteiger partial charge in [0.2, 0.25) is 15.9 Å². The molecule has 1 saturated heterocycles. The molecule has 1 aromatic carbocycles. The van der Waals surface area contributed by atoms with E-state index in [0.29, 0.717) is 18.8 Å². The Kier molecular flexibility index (Phi) is 6.12. The molecule has 1 atom stereocenters. The van der Waals surface area contributed by atoms with E-state index in [4.69, 9.17) is 0 Å². The average molecular weight is 445 g/mol. The van der Waals surface area contributed by atoms with Gasteiger partial charge in [-0.2, -0.15) is 4.31 Å². The van der Waals surface area contributed by atoms with Gasteiger partial charge in [0.05, 0.1) is 21.9 Å². The molecule has 1 unspecified atom stereocenters. The topological polar surface area (TPSA) is 83.8 Å². The summed E-state index contributed by atoms with van der Waals surface area (Å²) in [6.07, 6.45) is 6.50. The molecular formula is C21H24N4O3S2. The van der Waals surface area contributed by atoms with Crippen LogP contribution in [0.25, 0.3) is 5.52 Å². The standard InChI is InChI=1S/C21H24N4O3S2/c1-16(29-21-22-15-18-9-3-6-13-25(18)21)20(26)23-17-8-7-10-19(14-17)30(27,28)24-11-4-2-5-12-24/h3,6-10,13-16H,2,4-5,11-12H2,1H3,(H,23,26). The van der Waals surface area contributed by atoms with Crippen molar-refractivity contribution in [2.75, 3.05) is 18.4 Å². The van der Waals surface area contributed by atoms with Crippen LogP contribution in [0.15, 0.2) is 64.9 Å². The van der Waals surface area contributed by atoms with E-state index in [2.05, 4.69) is 10.3 Å². The number of carbonyl (C=O) groups is 1. The fourth-order valence-electron chi connectivity index (χ4n) is 3.45. The number of imidazole rings is 1. The average Bonchev–Trinajstić information content (AvgIpc) is 3.17. The molecule has 9 heteroatoms. The number of benzene rings is 1. The van der Waals surface area contributed by atoms with Gasteiger partial charge in [-0.1, -0.05) is 30.3 Å². The van der Waals surface area contributed by atoms with E-state index in [0.717, 1.165) is 29.9 Å². The van der Waals surface area contributed by atoms with Crippen LogP contribution < -0.4 is 5.32 Å². The monoisotopic (exact) mass is 444 g/mol. The number of carbonyl (C=O) groups excluding carboxylic acids is 1. The minimum Gasteiger partial charge on any atom is -0.325 e. The molecule has 1 fully saturated rings. The second-order valence-corrected chi connectivity index (χ2v) is 10.5. The van der Waals surface area contributed by atoms with Gasteiger partial charge in [0.25, 0.3) is 0 Å². The lowest BCUT2D eigenvalue weighted by molar-refractivity contribution is -0.115. The zero-order valence-corrected chi connectivity index (χ0v) is 18.3. The van der Waals surface area contributed by atoms with Gasteiger partial charge < -0.3 is 5.32 Å². The molecule has 3 heterocycles. The van der Waals surface area contributed by atoms with E-state index in [1.54, 1.807) is 31.3 Å². The molecule has 4 rings (SSSR count). The summed E-state index contributed by atoms with van der Waals surface area (Å²) in [5.74, 6) is -0.208. The summed E-state index contributed by atoms with van der Waals surface area (Å²) >= 11 is 1.35. The summed E-state index contributed by atoms with van der Waals surface area (Å²) in [5, 5.41) is 3.16. The number of aromatic nitrogens is 2. The number of rotatable bonds is 6. The minimum atomic E-state index is -3.54. The van der Waals surface area contributed by atoms with Crippen molar-refractivity contribution in [1.82, 2.24) is 13.7 Å². The number of hydrogen-bond acceptors (Lipinski definition) is 5. The van der Waals surface area contributed by atoms with Crippen LogP contribution in [0.1, 0.15) is 26.2 Å². The number of amides is 1. The van der Waals surface area contributed by atoms with Crippen LogP contribution in [-0.4, -0.2) is 46.4 Å². The second-order valence-electron chi connectivity index (χ2n) is 7.28. The maximum absolute atomic E-state index is 12.9. The fraction of sp³-hybridized carbons (Fsp3) is 0.333. The third kappa shape index (κ3) is 4.38. The Morgan fingerprint density at radius 2 is 1.93 bits per heavy atom. The maximum atomic E-state index is 12.9. The lowest BCUT2D eigenvalue weighted by Crippen LogP contribution is -2.35. The predicted octanol–water partition coefficient (Wildman–Crippen LogP) is 3.63. The molecule has 1 aliphatic heterocycles. The number of thioether (sulfide) groups is 1. The summed E-state index contributed by atoms with van der Waals surface area (Å²) in [7, 11) is -3.54. The number of hydrogen-bond donors (Lipinski definition) is 1. The zero-order chi connectivity index (χ0) is 21.1. The molecule has 0 spiro atoms. The molecule has 0 bridgehead atoms. The van der Waals surface area contributed by atoms with Gasteiger partial charge in [-0.05, 0) is 50.1 Å². The Labute approximate surface area is 180 Å². The molecule has 0 aliphatic carbocycles. The Bertz CT molecular complexity index is 1150. The molecule has 7 nitrogen and oxygen atoms in total. The van der Waals surface area contributed by atoms with E-state index in [1.165, 1.54) is 22.1 Å². The molecule has 0 saturated carbocycles. The Balaban J connectivity index is 1.46. The highest BCUT2D eigenvalue weighted by atomic mass is 32.2. The Morgan fingerprint density at radius 3 is 2.73 bits per heavy atom. The van der Waals surface area contributed by atoms with E-state index >= 15 is 0 Å². The number of anilines is 1. The smallest absolute Gasteiger partial charge is 0.243 e. The number of nitrogens with zero attached hydrogens (tertiary/aromatic N) is 3. The van der Waals surface area contributed by atoms with Crippen LogP contribution in [0.3, 0.4) is 0 Å². The van der Waals surface area contributed by atoms with Crippen molar-refractivity contribution in [2.45, 2.75) is 41.5 Å². The number of fused-ring (bicyclic) bond motifs is 1. The van der Waals surface area contributed by atoms with Crippen molar-refractivity contribution < 1.29 is 13.2 Å². The Morgan fingerprint density at radius 1 is 1.13 bits per heavy atom. The molecule has 0 radical (unpaired) electrons. The van der Waals surface area contributed by atoms with Crippen molar-refractivity contribution in [3.63, 3.8) is 0 Å². The van der Waals surface area contributed by atoms with Gasteiger partial charge in [-0.25, -0.2) is 13.4 Å². The van der Waals surface area contributed by atoms with Crippen molar-refractivity contribution in [1.29, 1.82) is 0 Å². The molecule has 1 amide bonds. The van der Waals surface area contributed by atoms with Crippen LogP contribution >= 0.6 is 11.8 Å². The highest BCUT2D eigenvalue weighted by molar-refractivity contribution is 8.00. The third-order valence-electron chi connectivity index (χ3n) is 5.11.